The topological polar surface area (TPSA) is 29.3 Å². The average Bonchev–Trinajstić information content (AvgIpc) is 2.40. The van der Waals surface area contributed by atoms with Gasteiger partial charge in [0.25, 0.3) is 0 Å². The molecule has 0 aromatic heterocycles. The number of halogens is 5. The first-order valence-electron chi connectivity index (χ1n) is 7.11. The van der Waals surface area contributed by atoms with E-state index in [2.05, 4.69) is 0 Å². The van der Waals surface area contributed by atoms with E-state index in [1.165, 1.54) is 6.07 Å². The summed E-state index contributed by atoms with van der Waals surface area (Å²) in [6.45, 7) is 3.54. The standard InChI is InChI=1S/C15H20F4N2.ClH/c1-10(20)11-3-2-6-21(8-11)9-12-4-5-13(16)7-14(12)15(17,18)19;/h4-5,7,10-11H,2-3,6,8-9,20H2,1H3;1H. The molecule has 0 spiro atoms. The van der Waals surface area contributed by atoms with Crippen LogP contribution >= 0.6 is 12.4 Å². The Balaban J connectivity index is 0.00000242. The van der Waals surface area contributed by atoms with Crippen molar-refractivity contribution in [1.29, 1.82) is 0 Å². The highest BCUT2D eigenvalue weighted by Gasteiger charge is 2.34. The Labute approximate surface area is 134 Å². The van der Waals surface area contributed by atoms with Gasteiger partial charge in [-0.2, -0.15) is 13.2 Å². The third kappa shape index (κ3) is 4.83. The van der Waals surface area contributed by atoms with Gasteiger partial charge in [0.1, 0.15) is 5.82 Å². The maximum absolute atomic E-state index is 13.1. The number of nitrogens with zero attached hydrogens (tertiary/aromatic N) is 1. The normalized spacial score (nSPS) is 21.3. The van der Waals surface area contributed by atoms with Crippen LogP contribution in [0, 0.1) is 11.7 Å². The first-order valence-corrected chi connectivity index (χ1v) is 7.11. The second kappa shape index (κ2) is 7.62. The SMILES string of the molecule is CC(N)C1CCCN(Cc2ccc(F)cc2C(F)(F)F)C1.Cl. The van der Waals surface area contributed by atoms with Gasteiger partial charge < -0.3 is 5.73 Å². The van der Waals surface area contributed by atoms with E-state index in [9.17, 15) is 17.6 Å². The number of piperidine rings is 1. The largest absolute Gasteiger partial charge is 0.416 e. The van der Waals surface area contributed by atoms with Crippen LogP contribution in [-0.4, -0.2) is 24.0 Å². The zero-order valence-corrected chi connectivity index (χ0v) is 13.2. The van der Waals surface area contributed by atoms with E-state index in [1.807, 2.05) is 11.8 Å². The number of hydrogen-bond donors (Lipinski definition) is 1. The molecule has 1 aliphatic heterocycles. The molecule has 0 bridgehead atoms. The van der Waals surface area contributed by atoms with E-state index in [1.54, 1.807) is 0 Å². The van der Waals surface area contributed by atoms with Gasteiger partial charge in [-0.05, 0) is 49.9 Å². The number of nitrogens with two attached hydrogens (primary N) is 1. The molecule has 2 N–H and O–H groups in total. The van der Waals surface area contributed by atoms with E-state index < -0.39 is 17.6 Å². The van der Waals surface area contributed by atoms with Crippen LogP contribution in [0.1, 0.15) is 30.9 Å². The Morgan fingerprint density at radius 1 is 1.36 bits per heavy atom. The van der Waals surface area contributed by atoms with Gasteiger partial charge in [0.05, 0.1) is 5.56 Å². The van der Waals surface area contributed by atoms with Crippen molar-refractivity contribution >= 4 is 12.4 Å². The molecule has 0 amide bonds. The summed E-state index contributed by atoms with van der Waals surface area (Å²) in [7, 11) is 0. The summed E-state index contributed by atoms with van der Waals surface area (Å²) in [6, 6.07) is 2.91. The predicted octanol–water partition coefficient (Wildman–Crippen LogP) is 3.83. The molecular formula is C15H21ClF4N2. The third-order valence-corrected chi connectivity index (χ3v) is 4.06. The molecule has 7 heteroatoms. The number of alkyl halides is 3. The van der Waals surface area contributed by atoms with Crippen LogP contribution in [0.2, 0.25) is 0 Å². The summed E-state index contributed by atoms with van der Waals surface area (Å²) in [5.41, 5.74) is 5.12. The van der Waals surface area contributed by atoms with Gasteiger partial charge in [-0.3, -0.25) is 4.90 Å². The summed E-state index contributed by atoms with van der Waals surface area (Å²) in [6.07, 6.45) is -2.60. The summed E-state index contributed by atoms with van der Waals surface area (Å²) in [5, 5.41) is 0. The van der Waals surface area contributed by atoms with E-state index in [0.717, 1.165) is 25.5 Å². The zero-order chi connectivity index (χ0) is 15.6. The van der Waals surface area contributed by atoms with E-state index >= 15 is 0 Å². The van der Waals surface area contributed by atoms with Crippen LogP contribution in [0.25, 0.3) is 0 Å². The number of rotatable bonds is 3. The lowest BCUT2D eigenvalue weighted by atomic mass is 9.91. The molecule has 2 nitrogen and oxygen atoms in total. The highest BCUT2D eigenvalue weighted by atomic mass is 35.5. The van der Waals surface area contributed by atoms with Crippen molar-refractivity contribution in [2.45, 2.75) is 38.5 Å². The molecular weight excluding hydrogens is 320 g/mol. The van der Waals surface area contributed by atoms with Gasteiger partial charge in [-0.1, -0.05) is 6.07 Å². The minimum atomic E-state index is -4.53. The van der Waals surface area contributed by atoms with Crippen LogP contribution in [0.15, 0.2) is 18.2 Å². The lowest BCUT2D eigenvalue weighted by Gasteiger charge is -2.35. The fourth-order valence-electron chi connectivity index (χ4n) is 2.86. The smallest absolute Gasteiger partial charge is 0.328 e. The minimum Gasteiger partial charge on any atom is -0.328 e. The van der Waals surface area contributed by atoms with Crippen molar-refractivity contribution in [2.24, 2.45) is 11.7 Å². The third-order valence-electron chi connectivity index (χ3n) is 4.06. The molecule has 1 aromatic rings. The van der Waals surface area contributed by atoms with Crippen LogP contribution in [0.5, 0.6) is 0 Å². The minimum absolute atomic E-state index is 0. The molecule has 1 aliphatic rings. The van der Waals surface area contributed by atoms with Crippen molar-refractivity contribution in [1.82, 2.24) is 4.90 Å². The Kier molecular flexibility index (Phi) is 6.65. The molecule has 1 heterocycles. The summed E-state index contributed by atoms with van der Waals surface area (Å²) >= 11 is 0. The van der Waals surface area contributed by atoms with E-state index in [4.69, 9.17) is 5.73 Å². The van der Waals surface area contributed by atoms with Crippen molar-refractivity contribution in [2.75, 3.05) is 13.1 Å². The van der Waals surface area contributed by atoms with Crippen LogP contribution < -0.4 is 5.73 Å². The van der Waals surface area contributed by atoms with Crippen molar-refractivity contribution < 1.29 is 17.6 Å². The van der Waals surface area contributed by atoms with Gasteiger partial charge in [-0.25, -0.2) is 4.39 Å². The molecule has 126 valence electrons. The average molecular weight is 341 g/mol. The number of benzene rings is 1. The Bertz CT molecular complexity index is 491. The van der Waals surface area contributed by atoms with Gasteiger partial charge in [-0.15, -0.1) is 12.4 Å². The molecule has 2 rings (SSSR count). The molecule has 1 saturated heterocycles. The second-order valence-electron chi connectivity index (χ2n) is 5.80. The van der Waals surface area contributed by atoms with E-state index in [-0.39, 0.29) is 30.6 Å². The molecule has 2 atom stereocenters. The van der Waals surface area contributed by atoms with E-state index in [0.29, 0.717) is 18.5 Å². The molecule has 2 unspecified atom stereocenters. The lowest BCUT2D eigenvalue weighted by molar-refractivity contribution is -0.138. The van der Waals surface area contributed by atoms with Gasteiger partial charge in [0.15, 0.2) is 0 Å². The van der Waals surface area contributed by atoms with Crippen molar-refractivity contribution in [3.8, 4) is 0 Å². The lowest BCUT2D eigenvalue weighted by Crippen LogP contribution is -2.42. The first-order chi connectivity index (χ1) is 9.77. The second-order valence-corrected chi connectivity index (χ2v) is 5.80. The van der Waals surface area contributed by atoms with Crippen LogP contribution in [0.3, 0.4) is 0 Å². The predicted molar refractivity (Wildman–Crippen MR) is 80.3 cm³/mol. The Morgan fingerprint density at radius 3 is 2.64 bits per heavy atom. The quantitative estimate of drug-likeness (QED) is 0.847. The van der Waals surface area contributed by atoms with Gasteiger partial charge >= 0.3 is 6.18 Å². The molecule has 0 saturated carbocycles. The molecule has 1 aromatic carbocycles. The summed E-state index contributed by atoms with van der Waals surface area (Å²) in [5.74, 6) is -0.563. The Hall–Kier alpha value is -0.850. The molecule has 0 aliphatic carbocycles. The molecule has 0 radical (unpaired) electrons. The van der Waals surface area contributed by atoms with Crippen LogP contribution in [0.4, 0.5) is 17.6 Å². The fraction of sp³-hybridized carbons (Fsp3) is 0.600. The van der Waals surface area contributed by atoms with Gasteiger partial charge in [0.2, 0.25) is 0 Å². The first kappa shape index (κ1) is 19.2. The summed E-state index contributed by atoms with van der Waals surface area (Å²) < 4.78 is 52.0. The highest BCUT2D eigenvalue weighted by molar-refractivity contribution is 5.85. The van der Waals surface area contributed by atoms with Crippen molar-refractivity contribution in [3.05, 3.63) is 35.1 Å². The molecule has 22 heavy (non-hydrogen) atoms. The van der Waals surface area contributed by atoms with Crippen molar-refractivity contribution in [3.63, 3.8) is 0 Å². The monoisotopic (exact) mass is 340 g/mol. The Morgan fingerprint density at radius 2 is 2.05 bits per heavy atom. The van der Waals surface area contributed by atoms with Crippen LogP contribution in [-0.2, 0) is 12.7 Å². The maximum atomic E-state index is 13.1. The maximum Gasteiger partial charge on any atom is 0.416 e. The van der Waals surface area contributed by atoms with Gasteiger partial charge in [0, 0.05) is 19.1 Å². The highest BCUT2D eigenvalue weighted by Crippen LogP contribution is 2.33. The number of likely N-dealkylation sites (tertiary alicyclic amines) is 1. The number of hydrogen-bond acceptors (Lipinski definition) is 2. The molecule has 1 fully saturated rings. The fourth-order valence-corrected chi connectivity index (χ4v) is 2.86. The summed E-state index contributed by atoms with van der Waals surface area (Å²) in [4.78, 5) is 1.97. The zero-order valence-electron chi connectivity index (χ0n) is 12.4.